The zero-order chi connectivity index (χ0) is 22.7. The van der Waals surface area contributed by atoms with Crippen LogP contribution in [-0.4, -0.2) is 50.9 Å². The van der Waals surface area contributed by atoms with E-state index in [1.54, 1.807) is 7.11 Å². The topological polar surface area (TPSA) is 58.6 Å². The molecule has 1 aromatic carbocycles. The summed E-state index contributed by atoms with van der Waals surface area (Å²) >= 11 is 0. The fraction of sp³-hybridized carbons (Fsp3) is 0.577. The molecular formula is C26H36N4O2. The highest BCUT2D eigenvalue weighted by Crippen LogP contribution is 2.40. The Balaban J connectivity index is 1.55. The summed E-state index contributed by atoms with van der Waals surface area (Å²) in [4.78, 5) is 27.1. The zero-order valence-electron chi connectivity index (χ0n) is 19.9. The van der Waals surface area contributed by atoms with E-state index in [9.17, 15) is 4.79 Å². The van der Waals surface area contributed by atoms with Gasteiger partial charge in [-0.15, -0.1) is 0 Å². The third-order valence-corrected chi connectivity index (χ3v) is 7.23. The third kappa shape index (κ3) is 4.65. The van der Waals surface area contributed by atoms with Crippen LogP contribution in [0.2, 0.25) is 0 Å². The zero-order valence-corrected chi connectivity index (χ0v) is 19.9. The second-order valence-electron chi connectivity index (χ2n) is 9.77. The average Bonchev–Trinajstić information content (AvgIpc) is 3.10. The summed E-state index contributed by atoms with van der Waals surface area (Å²) in [6, 6.07) is 8.44. The highest BCUT2D eigenvalue weighted by atomic mass is 16.5. The Morgan fingerprint density at radius 1 is 1.09 bits per heavy atom. The lowest BCUT2D eigenvalue weighted by atomic mass is 9.84. The Kier molecular flexibility index (Phi) is 6.79. The Morgan fingerprint density at radius 3 is 2.47 bits per heavy atom. The minimum absolute atomic E-state index is 0.170. The number of carbonyl (C=O) groups excluding carboxylic acids is 1. The van der Waals surface area contributed by atoms with Crippen molar-refractivity contribution in [3.8, 4) is 5.75 Å². The molecule has 2 fully saturated rings. The summed E-state index contributed by atoms with van der Waals surface area (Å²) in [5.41, 5.74) is 2.13. The molecule has 172 valence electrons. The number of rotatable bonds is 6. The van der Waals surface area contributed by atoms with Crippen LogP contribution in [0.25, 0.3) is 0 Å². The molecule has 4 rings (SSSR count). The fourth-order valence-electron chi connectivity index (χ4n) is 5.28. The number of methoxy groups -OCH3 is 1. The van der Waals surface area contributed by atoms with Crippen LogP contribution in [0, 0.1) is 0 Å². The van der Waals surface area contributed by atoms with Gasteiger partial charge in [0.25, 0.3) is 0 Å². The Labute approximate surface area is 192 Å². The number of aromatic nitrogens is 2. The Bertz CT molecular complexity index is 912. The van der Waals surface area contributed by atoms with E-state index < -0.39 is 0 Å². The van der Waals surface area contributed by atoms with E-state index >= 15 is 0 Å². The quantitative estimate of drug-likeness (QED) is 0.665. The molecule has 6 heteroatoms. The number of nitrogens with zero attached hydrogens (tertiary/aromatic N) is 4. The van der Waals surface area contributed by atoms with Gasteiger partial charge in [-0.05, 0) is 43.9 Å². The molecule has 2 aromatic rings. The molecule has 1 amide bonds. The molecule has 6 nitrogen and oxygen atoms in total. The van der Waals surface area contributed by atoms with Gasteiger partial charge >= 0.3 is 0 Å². The second kappa shape index (κ2) is 9.57. The van der Waals surface area contributed by atoms with E-state index in [2.05, 4.69) is 52.7 Å². The first-order valence-electron chi connectivity index (χ1n) is 11.9. The summed E-state index contributed by atoms with van der Waals surface area (Å²) in [7, 11) is 1.68. The molecular weight excluding hydrogens is 400 g/mol. The van der Waals surface area contributed by atoms with Crippen LogP contribution < -0.4 is 4.74 Å². The average molecular weight is 437 g/mol. The van der Waals surface area contributed by atoms with E-state index in [1.165, 1.54) is 0 Å². The van der Waals surface area contributed by atoms with Gasteiger partial charge in [0.2, 0.25) is 5.91 Å². The standard InChI is InChI=1S/C26H36N4O2/c1-19(2)25-27-15-21(16-28-25)17-29-14-13-26(3)23(29)7-5-6-8-24(31)30(26)18-20-9-11-22(32-4)12-10-20/h9-12,15-16,19,23H,5-8,13-14,17-18H2,1-4H3/t23-,26-/m1/s1. The highest BCUT2D eigenvalue weighted by molar-refractivity contribution is 5.77. The van der Waals surface area contributed by atoms with Gasteiger partial charge in [0.1, 0.15) is 11.6 Å². The van der Waals surface area contributed by atoms with Crippen LogP contribution >= 0.6 is 0 Å². The second-order valence-corrected chi connectivity index (χ2v) is 9.77. The smallest absolute Gasteiger partial charge is 0.223 e. The van der Waals surface area contributed by atoms with E-state index in [1.807, 2.05) is 24.5 Å². The van der Waals surface area contributed by atoms with Crippen LogP contribution in [0.1, 0.15) is 75.7 Å². The molecule has 2 saturated heterocycles. The maximum absolute atomic E-state index is 13.3. The van der Waals surface area contributed by atoms with Crippen LogP contribution in [0.15, 0.2) is 36.7 Å². The predicted octanol–water partition coefficient (Wildman–Crippen LogP) is 4.54. The molecule has 1 aromatic heterocycles. The monoisotopic (exact) mass is 436 g/mol. The number of hydrogen-bond acceptors (Lipinski definition) is 5. The molecule has 32 heavy (non-hydrogen) atoms. The number of hydrogen-bond donors (Lipinski definition) is 0. The SMILES string of the molecule is COc1ccc(CN2C(=O)CCCC[C@H]3N(Cc4cnc(C(C)C)nc4)CC[C@]32C)cc1. The van der Waals surface area contributed by atoms with Gasteiger partial charge in [-0.25, -0.2) is 9.97 Å². The normalized spacial score (nSPS) is 24.3. The van der Waals surface area contributed by atoms with Crippen LogP contribution in [0.4, 0.5) is 0 Å². The number of fused-ring (bicyclic) bond motifs is 1. The largest absolute Gasteiger partial charge is 0.497 e. The van der Waals surface area contributed by atoms with Crippen molar-refractivity contribution in [3.63, 3.8) is 0 Å². The number of benzene rings is 1. The summed E-state index contributed by atoms with van der Waals surface area (Å²) in [6.07, 6.45) is 8.76. The highest BCUT2D eigenvalue weighted by Gasteiger charge is 2.49. The molecule has 0 radical (unpaired) electrons. The van der Waals surface area contributed by atoms with Crippen LogP contribution in [0.5, 0.6) is 5.75 Å². The van der Waals surface area contributed by atoms with Crippen LogP contribution in [-0.2, 0) is 17.9 Å². The first-order chi connectivity index (χ1) is 15.4. The van der Waals surface area contributed by atoms with E-state index in [4.69, 9.17) is 4.74 Å². The molecule has 3 heterocycles. The first kappa shape index (κ1) is 22.7. The number of ether oxygens (including phenoxy) is 1. The van der Waals surface area contributed by atoms with Crippen molar-refractivity contribution in [1.29, 1.82) is 0 Å². The lowest BCUT2D eigenvalue weighted by molar-refractivity contribution is -0.140. The molecule has 0 bridgehead atoms. The molecule has 0 unspecified atom stereocenters. The predicted molar refractivity (Wildman–Crippen MR) is 125 cm³/mol. The molecule has 2 atom stereocenters. The number of likely N-dealkylation sites (tertiary alicyclic amines) is 2. The van der Waals surface area contributed by atoms with Crippen molar-refractivity contribution in [1.82, 2.24) is 19.8 Å². The Morgan fingerprint density at radius 2 is 1.81 bits per heavy atom. The van der Waals surface area contributed by atoms with Crippen molar-refractivity contribution in [3.05, 3.63) is 53.6 Å². The summed E-state index contributed by atoms with van der Waals surface area (Å²) in [5.74, 6) is 2.35. The summed E-state index contributed by atoms with van der Waals surface area (Å²) in [5, 5.41) is 0. The van der Waals surface area contributed by atoms with Crippen molar-refractivity contribution >= 4 is 5.91 Å². The van der Waals surface area contributed by atoms with Gasteiger partial charge in [-0.1, -0.05) is 32.4 Å². The molecule has 0 spiro atoms. The molecule has 0 N–H and O–H groups in total. The van der Waals surface area contributed by atoms with Crippen molar-refractivity contribution in [2.24, 2.45) is 0 Å². The van der Waals surface area contributed by atoms with Gasteiger partial charge in [0.15, 0.2) is 0 Å². The summed E-state index contributed by atoms with van der Waals surface area (Å²) < 4.78 is 5.30. The van der Waals surface area contributed by atoms with E-state index in [0.717, 1.165) is 61.5 Å². The van der Waals surface area contributed by atoms with Gasteiger partial charge < -0.3 is 9.64 Å². The lowest BCUT2D eigenvalue weighted by Crippen LogP contribution is -2.57. The molecule has 2 aliphatic heterocycles. The number of amides is 1. The third-order valence-electron chi connectivity index (χ3n) is 7.23. The lowest BCUT2D eigenvalue weighted by Gasteiger charge is -2.46. The maximum atomic E-state index is 13.3. The van der Waals surface area contributed by atoms with Gasteiger partial charge in [0.05, 0.1) is 12.6 Å². The van der Waals surface area contributed by atoms with Crippen molar-refractivity contribution < 1.29 is 9.53 Å². The fourth-order valence-corrected chi connectivity index (χ4v) is 5.28. The minimum atomic E-state index is -0.170. The van der Waals surface area contributed by atoms with Crippen molar-refractivity contribution in [2.45, 2.75) is 83.5 Å². The van der Waals surface area contributed by atoms with Crippen molar-refractivity contribution in [2.75, 3.05) is 13.7 Å². The van der Waals surface area contributed by atoms with E-state index in [0.29, 0.717) is 24.9 Å². The first-order valence-corrected chi connectivity index (χ1v) is 11.9. The van der Waals surface area contributed by atoms with E-state index in [-0.39, 0.29) is 11.4 Å². The van der Waals surface area contributed by atoms with Gasteiger partial charge in [-0.3, -0.25) is 9.69 Å². The van der Waals surface area contributed by atoms with Gasteiger partial charge in [0, 0.05) is 56.0 Å². The molecule has 0 saturated carbocycles. The van der Waals surface area contributed by atoms with Crippen LogP contribution in [0.3, 0.4) is 0 Å². The molecule has 2 aliphatic rings. The maximum Gasteiger partial charge on any atom is 0.223 e. The summed E-state index contributed by atoms with van der Waals surface area (Å²) in [6.45, 7) is 9.00. The minimum Gasteiger partial charge on any atom is -0.497 e. The van der Waals surface area contributed by atoms with Gasteiger partial charge in [-0.2, -0.15) is 0 Å². The molecule has 0 aliphatic carbocycles. The Hall–Kier alpha value is -2.47. The number of carbonyl (C=O) groups is 1.